The third-order valence-corrected chi connectivity index (χ3v) is 2.64. The van der Waals surface area contributed by atoms with Crippen LogP contribution in [-0.4, -0.2) is 17.4 Å². The van der Waals surface area contributed by atoms with Gasteiger partial charge < -0.3 is 11.1 Å². The molecule has 0 aliphatic rings. The van der Waals surface area contributed by atoms with Crippen molar-refractivity contribution in [1.29, 1.82) is 0 Å². The molecule has 0 aliphatic heterocycles. The summed E-state index contributed by atoms with van der Waals surface area (Å²) in [6.07, 6.45) is 1.68. The van der Waals surface area contributed by atoms with Gasteiger partial charge in [0.1, 0.15) is 11.6 Å². The molecule has 0 saturated carbocycles. The minimum absolute atomic E-state index is 0.275. The van der Waals surface area contributed by atoms with Crippen LogP contribution in [0.5, 0.6) is 0 Å². The van der Waals surface area contributed by atoms with Gasteiger partial charge in [-0.2, -0.15) is 0 Å². The van der Waals surface area contributed by atoms with E-state index in [1.165, 1.54) is 12.1 Å². The average molecular weight is 259 g/mol. The van der Waals surface area contributed by atoms with Crippen molar-refractivity contribution in [3.8, 4) is 0 Å². The van der Waals surface area contributed by atoms with Gasteiger partial charge in [-0.3, -0.25) is 4.79 Å². The minimum atomic E-state index is -0.443. The number of pyridine rings is 1. The second kappa shape index (κ2) is 6.06. The molecule has 2 rings (SSSR count). The third kappa shape index (κ3) is 3.35. The van der Waals surface area contributed by atoms with E-state index in [0.29, 0.717) is 24.3 Å². The predicted octanol–water partition coefficient (Wildman–Crippen LogP) is 1.97. The fourth-order valence-electron chi connectivity index (χ4n) is 1.75. The van der Waals surface area contributed by atoms with Gasteiger partial charge in [0.15, 0.2) is 0 Å². The molecule has 0 saturated heterocycles. The number of nitrogens with zero attached hydrogens (tertiary/aromatic N) is 1. The van der Waals surface area contributed by atoms with Crippen molar-refractivity contribution in [2.24, 2.45) is 5.73 Å². The highest BCUT2D eigenvalue weighted by molar-refractivity contribution is 6.04. The van der Waals surface area contributed by atoms with Crippen LogP contribution in [0.1, 0.15) is 15.9 Å². The quantitative estimate of drug-likeness (QED) is 0.882. The van der Waals surface area contributed by atoms with Gasteiger partial charge in [0.2, 0.25) is 0 Å². The maximum absolute atomic E-state index is 12.7. The molecule has 19 heavy (non-hydrogen) atoms. The molecule has 0 atom stereocenters. The molecule has 98 valence electrons. The van der Waals surface area contributed by atoms with Crippen molar-refractivity contribution in [3.05, 3.63) is 59.5 Å². The standard InChI is InChI=1S/C14H14FN3O/c15-11-5-6-13(17-9-11)18-14(19)12-4-2-1-3-10(12)7-8-16/h1-6,9H,7-8,16H2,(H,17,18,19). The topological polar surface area (TPSA) is 68.0 Å². The molecular formula is C14H14FN3O. The van der Waals surface area contributed by atoms with Crippen molar-refractivity contribution >= 4 is 11.7 Å². The number of halogens is 1. The Bertz CT molecular complexity index is 569. The summed E-state index contributed by atoms with van der Waals surface area (Å²) in [6.45, 7) is 0.471. The molecule has 0 unspecified atom stereocenters. The second-order valence-electron chi connectivity index (χ2n) is 4.01. The molecule has 1 aromatic heterocycles. The zero-order valence-corrected chi connectivity index (χ0v) is 10.3. The molecule has 5 heteroatoms. The number of nitrogens with two attached hydrogens (primary N) is 1. The number of benzene rings is 1. The van der Waals surface area contributed by atoms with Crippen LogP contribution in [0.4, 0.5) is 10.2 Å². The lowest BCUT2D eigenvalue weighted by molar-refractivity contribution is 0.102. The van der Waals surface area contributed by atoms with E-state index in [0.717, 1.165) is 11.8 Å². The Morgan fingerprint density at radius 2 is 2.05 bits per heavy atom. The number of nitrogens with one attached hydrogen (secondary N) is 1. The first-order chi connectivity index (χ1) is 9.20. The van der Waals surface area contributed by atoms with Gasteiger partial charge in [-0.15, -0.1) is 0 Å². The highest BCUT2D eigenvalue weighted by Gasteiger charge is 2.11. The molecule has 2 aromatic rings. The smallest absolute Gasteiger partial charge is 0.257 e. The maximum atomic E-state index is 12.7. The van der Waals surface area contributed by atoms with Crippen molar-refractivity contribution < 1.29 is 9.18 Å². The van der Waals surface area contributed by atoms with E-state index in [2.05, 4.69) is 10.3 Å². The Morgan fingerprint density at radius 1 is 1.26 bits per heavy atom. The number of amides is 1. The first-order valence-electron chi connectivity index (χ1n) is 5.91. The lowest BCUT2D eigenvalue weighted by atomic mass is 10.0. The summed E-state index contributed by atoms with van der Waals surface area (Å²) in [5, 5.41) is 2.63. The van der Waals surface area contributed by atoms with Crippen LogP contribution in [-0.2, 0) is 6.42 Å². The number of carbonyl (C=O) groups excluding carboxylic acids is 1. The largest absolute Gasteiger partial charge is 0.330 e. The molecule has 0 spiro atoms. The van der Waals surface area contributed by atoms with Gasteiger partial charge in [-0.05, 0) is 36.7 Å². The van der Waals surface area contributed by atoms with Crippen LogP contribution < -0.4 is 11.1 Å². The Hall–Kier alpha value is -2.27. The fraction of sp³-hybridized carbons (Fsp3) is 0.143. The van der Waals surface area contributed by atoms with Crippen LogP contribution in [0.15, 0.2) is 42.6 Å². The molecule has 3 N–H and O–H groups in total. The van der Waals surface area contributed by atoms with Gasteiger partial charge >= 0.3 is 0 Å². The number of anilines is 1. The van der Waals surface area contributed by atoms with Gasteiger partial charge in [0, 0.05) is 5.56 Å². The van der Waals surface area contributed by atoms with Crippen molar-refractivity contribution in [2.45, 2.75) is 6.42 Å². The maximum Gasteiger partial charge on any atom is 0.257 e. The number of hydrogen-bond acceptors (Lipinski definition) is 3. The Morgan fingerprint density at radius 3 is 2.74 bits per heavy atom. The highest BCUT2D eigenvalue weighted by Crippen LogP contribution is 2.12. The molecule has 1 heterocycles. The van der Waals surface area contributed by atoms with Gasteiger partial charge in [-0.25, -0.2) is 9.37 Å². The van der Waals surface area contributed by atoms with Crippen molar-refractivity contribution in [2.75, 3.05) is 11.9 Å². The first-order valence-corrected chi connectivity index (χ1v) is 5.91. The summed E-state index contributed by atoms with van der Waals surface area (Å²) >= 11 is 0. The van der Waals surface area contributed by atoms with E-state index in [-0.39, 0.29) is 5.91 Å². The van der Waals surface area contributed by atoms with E-state index in [1.807, 2.05) is 12.1 Å². The number of carbonyl (C=O) groups is 1. The van der Waals surface area contributed by atoms with Crippen LogP contribution >= 0.6 is 0 Å². The van der Waals surface area contributed by atoms with E-state index in [4.69, 9.17) is 5.73 Å². The zero-order chi connectivity index (χ0) is 13.7. The molecule has 0 fully saturated rings. The molecule has 0 aliphatic carbocycles. The van der Waals surface area contributed by atoms with Crippen LogP contribution in [0.3, 0.4) is 0 Å². The predicted molar refractivity (Wildman–Crippen MR) is 71.3 cm³/mol. The summed E-state index contributed by atoms with van der Waals surface area (Å²) in [4.78, 5) is 15.9. The summed E-state index contributed by atoms with van der Waals surface area (Å²) in [6, 6.07) is 9.89. The van der Waals surface area contributed by atoms with Gasteiger partial charge in [-0.1, -0.05) is 18.2 Å². The van der Waals surface area contributed by atoms with E-state index < -0.39 is 5.82 Å². The van der Waals surface area contributed by atoms with Crippen molar-refractivity contribution in [3.63, 3.8) is 0 Å². The lowest BCUT2D eigenvalue weighted by Crippen LogP contribution is -2.16. The van der Waals surface area contributed by atoms with E-state index in [9.17, 15) is 9.18 Å². The van der Waals surface area contributed by atoms with E-state index >= 15 is 0 Å². The Kier molecular flexibility index (Phi) is 4.20. The Labute approximate surface area is 110 Å². The third-order valence-electron chi connectivity index (χ3n) is 2.64. The fourth-order valence-corrected chi connectivity index (χ4v) is 1.75. The first kappa shape index (κ1) is 13.2. The molecule has 1 aromatic carbocycles. The van der Waals surface area contributed by atoms with Crippen LogP contribution in [0.25, 0.3) is 0 Å². The molecule has 1 amide bonds. The zero-order valence-electron chi connectivity index (χ0n) is 10.3. The second-order valence-corrected chi connectivity index (χ2v) is 4.01. The summed E-state index contributed by atoms with van der Waals surface area (Å²) in [7, 11) is 0. The van der Waals surface area contributed by atoms with Gasteiger partial charge in [0.05, 0.1) is 6.20 Å². The van der Waals surface area contributed by atoms with Crippen molar-refractivity contribution in [1.82, 2.24) is 4.98 Å². The molecule has 0 bridgehead atoms. The number of rotatable bonds is 4. The SMILES string of the molecule is NCCc1ccccc1C(=O)Nc1ccc(F)cn1. The summed E-state index contributed by atoms with van der Waals surface area (Å²) in [5.41, 5.74) is 6.95. The average Bonchev–Trinajstić information content (AvgIpc) is 2.42. The van der Waals surface area contributed by atoms with E-state index in [1.54, 1.807) is 12.1 Å². The summed E-state index contributed by atoms with van der Waals surface area (Å²) in [5.74, 6) is -0.404. The van der Waals surface area contributed by atoms with Crippen LogP contribution in [0, 0.1) is 5.82 Å². The lowest BCUT2D eigenvalue weighted by Gasteiger charge is -2.08. The minimum Gasteiger partial charge on any atom is -0.330 e. The van der Waals surface area contributed by atoms with Gasteiger partial charge in [0.25, 0.3) is 5.91 Å². The summed E-state index contributed by atoms with van der Waals surface area (Å²) < 4.78 is 12.7. The monoisotopic (exact) mass is 259 g/mol. The Balaban J connectivity index is 2.18. The molecule has 4 nitrogen and oxygen atoms in total. The number of aromatic nitrogens is 1. The normalized spacial score (nSPS) is 10.2. The highest BCUT2D eigenvalue weighted by atomic mass is 19.1. The van der Waals surface area contributed by atoms with Crippen LogP contribution in [0.2, 0.25) is 0 Å². The molecular weight excluding hydrogens is 245 g/mol. The number of hydrogen-bond donors (Lipinski definition) is 2. The molecule has 0 radical (unpaired) electrons.